The standard InChI is InChI=1S/C19H34O4/c1-15(2)11-7-5-4-6-8-13-19(17(22)23)14-10-9-12-18(19,3)16(20)21/h15H,4-14H2,1-3H3,(H,20,21)(H,22,23). The van der Waals surface area contributed by atoms with E-state index in [0.717, 1.165) is 38.0 Å². The van der Waals surface area contributed by atoms with Gasteiger partial charge in [-0.25, -0.2) is 0 Å². The van der Waals surface area contributed by atoms with Gasteiger partial charge in [-0.05, 0) is 32.1 Å². The molecule has 0 heterocycles. The minimum atomic E-state index is -1.13. The Balaban J connectivity index is 2.57. The molecule has 23 heavy (non-hydrogen) atoms. The Morgan fingerprint density at radius 3 is 2.04 bits per heavy atom. The number of hydrogen-bond acceptors (Lipinski definition) is 2. The van der Waals surface area contributed by atoms with E-state index in [1.807, 2.05) is 0 Å². The lowest BCUT2D eigenvalue weighted by Gasteiger charge is -2.46. The molecule has 0 aromatic carbocycles. The van der Waals surface area contributed by atoms with Gasteiger partial charge in [-0.3, -0.25) is 9.59 Å². The van der Waals surface area contributed by atoms with Gasteiger partial charge in [0.25, 0.3) is 0 Å². The van der Waals surface area contributed by atoms with Crippen LogP contribution in [-0.2, 0) is 9.59 Å². The second-order valence-electron chi connectivity index (χ2n) is 7.93. The van der Waals surface area contributed by atoms with Gasteiger partial charge in [0.1, 0.15) is 0 Å². The number of aliphatic carboxylic acids is 2. The van der Waals surface area contributed by atoms with Crippen molar-refractivity contribution in [2.45, 2.75) is 91.4 Å². The molecule has 2 unspecified atom stereocenters. The number of carbonyl (C=O) groups is 2. The number of hydrogen-bond donors (Lipinski definition) is 2. The SMILES string of the molecule is CC(C)CCCCCCCC1(C(=O)O)CCCCC1(C)C(=O)O. The van der Waals surface area contributed by atoms with E-state index in [-0.39, 0.29) is 0 Å². The van der Waals surface area contributed by atoms with E-state index < -0.39 is 22.8 Å². The fraction of sp³-hybridized carbons (Fsp3) is 0.895. The summed E-state index contributed by atoms with van der Waals surface area (Å²) in [6.07, 6.45) is 9.71. The fourth-order valence-corrected chi connectivity index (χ4v) is 4.09. The maximum Gasteiger partial charge on any atom is 0.310 e. The quantitative estimate of drug-likeness (QED) is 0.547. The summed E-state index contributed by atoms with van der Waals surface area (Å²) in [6, 6.07) is 0. The molecule has 1 aliphatic rings. The van der Waals surface area contributed by atoms with Crippen LogP contribution in [0.4, 0.5) is 0 Å². The molecule has 0 aromatic heterocycles. The second-order valence-corrected chi connectivity index (χ2v) is 7.93. The van der Waals surface area contributed by atoms with Crippen molar-refractivity contribution in [1.82, 2.24) is 0 Å². The van der Waals surface area contributed by atoms with Crippen molar-refractivity contribution in [1.29, 1.82) is 0 Å². The molecule has 0 aliphatic heterocycles. The zero-order valence-corrected chi connectivity index (χ0v) is 15.1. The van der Waals surface area contributed by atoms with Crippen LogP contribution in [0.2, 0.25) is 0 Å². The largest absolute Gasteiger partial charge is 0.481 e. The summed E-state index contributed by atoms with van der Waals surface area (Å²) in [6.45, 7) is 6.10. The van der Waals surface area contributed by atoms with E-state index in [4.69, 9.17) is 0 Å². The first-order valence-electron chi connectivity index (χ1n) is 9.23. The van der Waals surface area contributed by atoms with E-state index >= 15 is 0 Å². The van der Waals surface area contributed by atoms with E-state index in [0.29, 0.717) is 19.3 Å². The van der Waals surface area contributed by atoms with E-state index in [1.165, 1.54) is 19.3 Å². The Hall–Kier alpha value is -1.06. The molecule has 4 nitrogen and oxygen atoms in total. The van der Waals surface area contributed by atoms with E-state index in [1.54, 1.807) is 6.92 Å². The summed E-state index contributed by atoms with van der Waals surface area (Å²) in [5.74, 6) is -1.12. The van der Waals surface area contributed by atoms with Crippen molar-refractivity contribution in [2.24, 2.45) is 16.7 Å². The molecule has 0 radical (unpaired) electrons. The molecule has 0 aromatic rings. The fourth-order valence-electron chi connectivity index (χ4n) is 4.09. The molecule has 2 atom stereocenters. The molecule has 134 valence electrons. The predicted molar refractivity (Wildman–Crippen MR) is 91.4 cm³/mol. The molecule has 1 aliphatic carbocycles. The Kier molecular flexibility index (Phi) is 7.56. The van der Waals surface area contributed by atoms with Crippen LogP contribution in [0.5, 0.6) is 0 Å². The Morgan fingerprint density at radius 1 is 0.913 bits per heavy atom. The van der Waals surface area contributed by atoms with E-state index in [9.17, 15) is 19.8 Å². The van der Waals surface area contributed by atoms with Crippen LogP contribution >= 0.6 is 0 Å². The van der Waals surface area contributed by atoms with Gasteiger partial charge in [-0.15, -0.1) is 0 Å². The molecule has 4 heteroatoms. The lowest BCUT2D eigenvalue weighted by Crippen LogP contribution is -2.52. The maximum absolute atomic E-state index is 12.0. The summed E-state index contributed by atoms with van der Waals surface area (Å²) in [4.78, 5) is 23.7. The number of unbranched alkanes of at least 4 members (excludes halogenated alkanes) is 4. The highest BCUT2D eigenvalue weighted by atomic mass is 16.4. The van der Waals surface area contributed by atoms with Crippen molar-refractivity contribution in [3.8, 4) is 0 Å². The first kappa shape index (κ1) is 20.0. The Labute approximate surface area is 140 Å². The molecule has 1 saturated carbocycles. The predicted octanol–water partition coefficient (Wildman–Crippen LogP) is 5.11. The first-order chi connectivity index (χ1) is 10.8. The minimum absolute atomic E-state index is 0.475. The van der Waals surface area contributed by atoms with Crippen molar-refractivity contribution >= 4 is 11.9 Å². The van der Waals surface area contributed by atoms with Crippen LogP contribution in [-0.4, -0.2) is 22.2 Å². The summed E-state index contributed by atoms with van der Waals surface area (Å²) < 4.78 is 0. The monoisotopic (exact) mass is 326 g/mol. The van der Waals surface area contributed by atoms with Crippen molar-refractivity contribution < 1.29 is 19.8 Å². The smallest absolute Gasteiger partial charge is 0.310 e. The zero-order chi connectivity index (χ0) is 17.5. The van der Waals surface area contributed by atoms with Crippen LogP contribution in [0, 0.1) is 16.7 Å². The average Bonchev–Trinajstić information content (AvgIpc) is 2.47. The Morgan fingerprint density at radius 2 is 1.48 bits per heavy atom. The second kappa shape index (κ2) is 8.70. The summed E-state index contributed by atoms with van der Waals surface area (Å²) in [7, 11) is 0. The van der Waals surface area contributed by atoms with Gasteiger partial charge in [-0.1, -0.05) is 65.2 Å². The molecule has 1 rings (SSSR count). The minimum Gasteiger partial charge on any atom is -0.481 e. The van der Waals surface area contributed by atoms with Gasteiger partial charge in [-0.2, -0.15) is 0 Å². The lowest BCUT2D eigenvalue weighted by atomic mass is 9.55. The zero-order valence-electron chi connectivity index (χ0n) is 15.1. The van der Waals surface area contributed by atoms with Crippen molar-refractivity contribution in [2.75, 3.05) is 0 Å². The highest BCUT2D eigenvalue weighted by molar-refractivity contribution is 5.86. The van der Waals surface area contributed by atoms with Gasteiger partial charge in [0.15, 0.2) is 0 Å². The van der Waals surface area contributed by atoms with Crippen molar-refractivity contribution in [3.05, 3.63) is 0 Å². The third-order valence-electron chi connectivity index (χ3n) is 5.85. The molecule has 0 spiro atoms. The van der Waals surface area contributed by atoms with Gasteiger partial charge < -0.3 is 10.2 Å². The molecule has 1 fully saturated rings. The normalized spacial score (nSPS) is 28.0. The highest BCUT2D eigenvalue weighted by Crippen LogP contribution is 2.54. The molecular weight excluding hydrogens is 292 g/mol. The molecular formula is C19H34O4. The third kappa shape index (κ3) is 4.71. The topological polar surface area (TPSA) is 74.6 Å². The van der Waals surface area contributed by atoms with Crippen LogP contribution in [0.25, 0.3) is 0 Å². The van der Waals surface area contributed by atoms with Crippen LogP contribution in [0.1, 0.15) is 91.4 Å². The summed E-state index contributed by atoms with van der Waals surface area (Å²) in [5.41, 5.74) is -2.22. The number of rotatable bonds is 10. The van der Waals surface area contributed by atoms with Gasteiger partial charge in [0.2, 0.25) is 0 Å². The highest BCUT2D eigenvalue weighted by Gasteiger charge is 2.58. The molecule has 0 bridgehead atoms. The number of carboxylic acids is 2. The van der Waals surface area contributed by atoms with Gasteiger partial charge in [0, 0.05) is 0 Å². The lowest BCUT2D eigenvalue weighted by molar-refractivity contribution is -0.179. The molecule has 0 saturated heterocycles. The van der Waals surface area contributed by atoms with Gasteiger partial charge in [0.05, 0.1) is 10.8 Å². The van der Waals surface area contributed by atoms with Crippen LogP contribution in [0.3, 0.4) is 0 Å². The average molecular weight is 326 g/mol. The molecule has 0 amide bonds. The number of carboxylic acid groups (broad SMARTS) is 2. The van der Waals surface area contributed by atoms with Gasteiger partial charge >= 0.3 is 11.9 Å². The van der Waals surface area contributed by atoms with Crippen molar-refractivity contribution in [3.63, 3.8) is 0 Å². The molecule has 2 N–H and O–H groups in total. The van der Waals surface area contributed by atoms with Crippen LogP contribution < -0.4 is 0 Å². The summed E-state index contributed by atoms with van der Waals surface area (Å²) >= 11 is 0. The van der Waals surface area contributed by atoms with E-state index in [2.05, 4.69) is 13.8 Å². The maximum atomic E-state index is 12.0. The van der Waals surface area contributed by atoms with Crippen LogP contribution in [0.15, 0.2) is 0 Å². The third-order valence-corrected chi connectivity index (χ3v) is 5.85. The first-order valence-corrected chi connectivity index (χ1v) is 9.23. The summed E-state index contributed by atoms with van der Waals surface area (Å²) in [5, 5.41) is 19.5. The Bertz CT molecular complexity index is 404.